The highest BCUT2D eigenvalue weighted by Gasteiger charge is 2.20. The molecule has 0 amide bonds. The Kier molecular flexibility index (Phi) is 3.03. The van der Waals surface area contributed by atoms with Gasteiger partial charge < -0.3 is 9.15 Å². The Morgan fingerprint density at radius 3 is 2.33 bits per heavy atom. The molecular formula is C28H16O2. The Morgan fingerprint density at radius 1 is 0.500 bits per heavy atom. The van der Waals surface area contributed by atoms with Crippen molar-refractivity contribution in [2.75, 3.05) is 0 Å². The van der Waals surface area contributed by atoms with Crippen LogP contribution >= 0.6 is 0 Å². The second kappa shape index (κ2) is 5.74. The summed E-state index contributed by atoms with van der Waals surface area (Å²) in [5.74, 6) is 1.82. The first-order valence-electron chi connectivity index (χ1n) is 10.1. The molecule has 0 bridgehead atoms. The molecule has 0 spiro atoms. The molecular weight excluding hydrogens is 368 g/mol. The first kappa shape index (κ1) is 15.8. The molecule has 0 unspecified atom stereocenters. The Hall–Kier alpha value is -4.04. The molecule has 30 heavy (non-hydrogen) atoms. The summed E-state index contributed by atoms with van der Waals surface area (Å²) in [4.78, 5) is 0. The quantitative estimate of drug-likeness (QED) is 0.285. The van der Waals surface area contributed by atoms with Crippen molar-refractivity contribution in [1.82, 2.24) is 0 Å². The van der Waals surface area contributed by atoms with Crippen molar-refractivity contribution in [3.63, 3.8) is 0 Å². The van der Waals surface area contributed by atoms with Crippen LogP contribution < -0.4 is 4.74 Å². The largest absolute Gasteiger partial charge is 0.456 e. The fraction of sp³-hybridized carbons (Fsp3) is 0. The van der Waals surface area contributed by atoms with E-state index in [2.05, 4.69) is 66.7 Å². The zero-order valence-corrected chi connectivity index (χ0v) is 16.1. The van der Waals surface area contributed by atoms with Gasteiger partial charge in [0.1, 0.15) is 22.7 Å². The van der Waals surface area contributed by atoms with E-state index < -0.39 is 0 Å². The molecule has 1 aliphatic heterocycles. The summed E-state index contributed by atoms with van der Waals surface area (Å²) >= 11 is 0. The van der Waals surface area contributed by atoms with E-state index in [0.29, 0.717) is 0 Å². The normalized spacial score (nSPS) is 12.3. The lowest BCUT2D eigenvalue weighted by Gasteiger charge is -2.22. The number of fused-ring (bicyclic) bond motifs is 5. The van der Waals surface area contributed by atoms with Crippen molar-refractivity contribution in [3.8, 4) is 33.8 Å². The van der Waals surface area contributed by atoms with Crippen molar-refractivity contribution in [1.29, 1.82) is 0 Å². The van der Waals surface area contributed by atoms with Crippen LogP contribution in [0.1, 0.15) is 0 Å². The number of ether oxygens (including phenoxy) is 1. The molecule has 0 saturated heterocycles. The van der Waals surface area contributed by atoms with E-state index in [9.17, 15) is 0 Å². The third kappa shape index (κ3) is 2.13. The average Bonchev–Trinajstić information content (AvgIpc) is 3.17. The van der Waals surface area contributed by atoms with Gasteiger partial charge >= 0.3 is 0 Å². The van der Waals surface area contributed by atoms with Crippen molar-refractivity contribution < 1.29 is 9.15 Å². The topological polar surface area (TPSA) is 22.4 Å². The molecule has 0 fully saturated rings. The fourth-order valence-corrected chi connectivity index (χ4v) is 4.66. The number of furan rings is 1. The van der Waals surface area contributed by atoms with Crippen LogP contribution in [0, 0.1) is 0 Å². The van der Waals surface area contributed by atoms with Crippen molar-refractivity contribution in [2.45, 2.75) is 0 Å². The first-order valence-corrected chi connectivity index (χ1v) is 10.1. The Bertz CT molecular complexity index is 1620. The van der Waals surface area contributed by atoms with Crippen molar-refractivity contribution in [3.05, 3.63) is 97.1 Å². The van der Waals surface area contributed by atoms with E-state index in [1.165, 1.54) is 21.9 Å². The van der Waals surface area contributed by atoms with Gasteiger partial charge in [0.15, 0.2) is 0 Å². The monoisotopic (exact) mass is 384 g/mol. The zero-order chi connectivity index (χ0) is 19.7. The molecule has 2 heteroatoms. The SMILES string of the molecule is c1ccc2c(c1)Oc1cccc3cc(-c4ccc5c(c4)oc4ccccc45)cc-2c13. The van der Waals surface area contributed by atoms with Gasteiger partial charge in [0.05, 0.1) is 0 Å². The van der Waals surface area contributed by atoms with E-state index >= 15 is 0 Å². The van der Waals surface area contributed by atoms with Crippen LogP contribution in [0.4, 0.5) is 0 Å². The van der Waals surface area contributed by atoms with E-state index in [-0.39, 0.29) is 0 Å². The van der Waals surface area contributed by atoms with E-state index in [4.69, 9.17) is 9.15 Å². The van der Waals surface area contributed by atoms with E-state index in [1.54, 1.807) is 0 Å². The molecule has 1 aromatic heterocycles. The number of rotatable bonds is 1. The van der Waals surface area contributed by atoms with Gasteiger partial charge in [0.25, 0.3) is 0 Å². The zero-order valence-electron chi connectivity index (χ0n) is 16.1. The summed E-state index contributed by atoms with van der Waals surface area (Å²) in [6, 6.07) is 33.7. The molecule has 6 aromatic rings. The van der Waals surface area contributed by atoms with Crippen LogP contribution in [0.2, 0.25) is 0 Å². The summed E-state index contributed by atoms with van der Waals surface area (Å²) in [5.41, 5.74) is 6.51. The maximum absolute atomic E-state index is 6.17. The minimum Gasteiger partial charge on any atom is -0.456 e. The predicted octanol–water partition coefficient (Wildman–Crippen LogP) is 8.18. The second-order valence-corrected chi connectivity index (χ2v) is 7.79. The van der Waals surface area contributed by atoms with Gasteiger partial charge in [-0.2, -0.15) is 0 Å². The van der Waals surface area contributed by atoms with Crippen molar-refractivity contribution >= 4 is 32.7 Å². The molecule has 140 valence electrons. The highest BCUT2D eigenvalue weighted by molar-refractivity contribution is 6.08. The van der Waals surface area contributed by atoms with Crippen molar-refractivity contribution in [2.24, 2.45) is 0 Å². The average molecular weight is 384 g/mol. The number of benzene rings is 5. The summed E-state index contributed by atoms with van der Waals surface area (Å²) in [7, 11) is 0. The maximum Gasteiger partial charge on any atom is 0.136 e. The number of hydrogen-bond donors (Lipinski definition) is 0. The summed E-state index contributed by atoms with van der Waals surface area (Å²) in [6.45, 7) is 0. The Labute approximate surface area is 172 Å². The van der Waals surface area contributed by atoms with Gasteiger partial charge in [-0.15, -0.1) is 0 Å². The van der Waals surface area contributed by atoms with E-state index in [0.717, 1.165) is 44.6 Å². The molecule has 2 heterocycles. The third-order valence-corrected chi connectivity index (χ3v) is 6.05. The van der Waals surface area contributed by atoms with Crippen LogP contribution in [0.3, 0.4) is 0 Å². The Balaban J connectivity index is 1.51. The van der Waals surface area contributed by atoms with Gasteiger partial charge in [-0.1, -0.05) is 54.6 Å². The lowest BCUT2D eigenvalue weighted by atomic mass is 9.90. The molecule has 0 atom stereocenters. The molecule has 0 aliphatic carbocycles. The minimum absolute atomic E-state index is 0.905. The second-order valence-electron chi connectivity index (χ2n) is 7.79. The van der Waals surface area contributed by atoms with Gasteiger partial charge in [0.2, 0.25) is 0 Å². The highest BCUT2D eigenvalue weighted by Crippen LogP contribution is 2.47. The standard InChI is InChI=1S/C28H16O2/c1-3-9-24-20(7-1)22-13-12-17(16-27(22)30-24)19-14-18-6-5-11-26-28(18)23(15-19)21-8-2-4-10-25(21)29-26/h1-16H. The predicted molar refractivity (Wildman–Crippen MR) is 122 cm³/mol. The van der Waals surface area contributed by atoms with Gasteiger partial charge in [0, 0.05) is 21.7 Å². The fourth-order valence-electron chi connectivity index (χ4n) is 4.66. The summed E-state index contributed by atoms with van der Waals surface area (Å²) in [5, 5.41) is 4.66. The van der Waals surface area contributed by atoms with Crippen LogP contribution in [0.15, 0.2) is 101 Å². The minimum atomic E-state index is 0.905. The van der Waals surface area contributed by atoms with Crippen LogP contribution in [-0.4, -0.2) is 0 Å². The summed E-state index contributed by atoms with van der Waals surface area (Å²) in [6.07, 6.45) is 0. The lowest BCUT2D eigenvalue weighted by molar-refractivity contribution is 0.487. The maximum atomic E-state index is 6.17. The first-order chi connectivity index (χ1) is 14.8. The van der Waals surface area contributed by atoms with Gasteiger partial charge in [-0.05, 0) is 64.5 Å². The number of para-hydroxylation sites is 2. The smallest absolute Gasteiger partial charge is 0.136 e. The molecule has 0 radical (unpaired) electrons. The third-order valence-electron chi connectivity index (χ3n) is 6.05. The molecule has 5 aromatic carbocycles. The van der Waals surface area contributed by atoms with Crippen LogP contribution in [-0.2, 0) is 0 Å². The van der Waals surface area contributed by atoms with E-state index in [1.807, 2.05) is 30.3 Å². The summed E-state index contributed by atoms with van der Waals surface area (Å²) < 4.78 is 12.3. The van der Waals surface area contributed by atoms with Gasteiger partial charge in [-0.3, -0.25) is 0 Å². The van der Waals surface area contributed by atoms with Crippen LogP contribution in [0.5, 0.6) is 11.5 Å². The Morgan fingerprint density at radius 2 is 1.33 bits per heavy atom. The molecule has 1 aliphatic rings. The molecule has 0 saturated carbocycles. The molecule has 7 rings (SSSR count). The highest BCUT2D eigenvalue weighted by atomic mass is 16.5. The lowest BCUT2D eigenvalue weighted by Crippen LogP contribution is -1.97. The molecule has 0 N–H and O–H groups in total. The van der Waals surface area contributed by atoms with Crippen LogP contribution in [0.25, 0.3) is 55.0 Å². The van der Waals surface area contributed by atoms with Gasteiger partial charge in [-0.25, -0.2) is 0 Å². The number of hydrogen-bond acceptors (Lipinski definition) is 2. The molecule has 2 nitrogen and oxygen atoms in total.